The van der Waals surface area contributed by atoms with Gasteiger partial charge in [0.15, 0.2) is 0 Å². The van der Waals surface area contributed by atoms with Gasteiger partial charge in [0, 0.05) is 10.5 Å². The van der Waals surface area contributed by atoms with Gasteiger partial charge < -0.3 is 0 Å². The second-order valence-corrected chi connectivity index (χ2v) is 6.62. The Morgan fingerprint density at radius 1 is 1.33 bits per heavy atom. The summed E-state index contributed by atoms with van der Waals surface area (Å²) in [6.45, 7) is 0. The molecule has 0 saturated heterocycles. The Balaban J connectivity index is 1.70. The molecule has 0 radical (unpaired) electrons. The molecule has 2 aliphatic rings. The fourth-order valence-corrected chi connectivity index (χ4v) is 3.80. The number of benzene rings is 1. The fourth-order valence-electron chi connectivity index (χ4n) is 3.39. The van der Waals surface area contributed by atoms with Gasteiger partial charge in [-0.25, -0.2) is 4.39 Å². The lowest BCUT2D eigenvalue weighted by atomic mass is 9.90. The average Bonchev–Trinajstić information content (AvgIpc) is 2.97. The summed E-state index contributed by atoms with van der Waals surface area (Å²) in [5.41, 5.74) is 3.64. The van der Waals surface area contributed by atoms with E-state index in [1.165, 1.54) is 25.3 Å². The van der Waals surface area contributed by atoms with E-state index in [2.05, 4.69) is 21.4 Å². The van der Waals surface area contributed by atoms with Gasteiger partial charge >= 0.3 is 0 Å². The Labute approximate surface area is 115 Å². The molecule has 0 aromatic heterocycles. The van der Waals surface area contributed by atoms with Crippen molar-refractivity contribution in [2.45, 2.75) is 31.7 Å². The Morgan fingerprint density at radius 2 is 2.06 bits per heavy atom. The minimum atomic E-state index is -0.137. The van der Waals surface area contributed by atoms with Gasteiger partial charge in [0.2, 0.25) is 0 Å². The highest BCUT2D eigenvalue weighted by Gasteiger charge is 2.47. The Kier molecular flexibility index (Phi) is 3.43. The number of nitrogens with two attached hydrogens (primary N) is 1. The summed E-state index contributed by atoms with van der Waals surface area (Å²) < 4.78 is 14.7. The molecule has 2 fully saturated rings. The van der Waals surface area contributed by atoms with E-state index in [1.54, 1.807) is 6.07 Å². The third-order valence-electron chi connectivity index (χ3n) is 4.51. The third-order valence-corrected chi connectivity index (χ3v) is 5.00. The SMILES string of the molecule is NNC(Cc1cc(Br)ccc1F)C1CC2CC2C1. The standard InChI is InChI=1S/C14H18BrFN2/c15-12-1-2-13(16)10(6-12)7-14(18-17)11-4-8-3-9(8)5-11/h1-2,6,8-9,11,14,18H,3-5,7,17H2. The van der Waals surface area contributed by atoms with Crippen LogP contribution < -0.4 is 11.3 Å². The second kappa shape index (κ2) is 4.91. The number of hydrogen-bond donors (Lipinski definition) is 2. The number of halogens is 2. The first-order valence-electron chi connectivity index (χ1n) is 6.57. The molecule has 2 aliphatic carbocycles. The molecule has 98 valence electrons. The summed E-state index contributed by atoms with van der Waals surface area (Å²) in [6, 6.07) is 5.30. The van der Waals surface area contributed by atoms with Crippen LogP contribution in [0.2, 0.25) is 0 Å². The summed E-state index contributed by atoms with van der Waals surface area (Å²) in [5, 5.41) is 0. The van der Waals surface area contributed by atoms with Crippen molar-refractivity contribution in [1.29, 1.82) is 0 Å². The summed E-state index contributed by atoms with van der Waals surface area (Å²) in [5.74, 6) is 7.99. The van der Waals surface area contributed by atoms with E-state index in [4.69, 9.17) is 5.84 Å². The molecule has 1 aromatic carbocycles. The summed E-state index contributed by atoms with van der Waals surface area (Å²) >= 11 is 3.39. The average molecular weight is 313 g/mol. The highest BCUT2D eigenvalue weighted by Crippen LogP contribution is 2.55. The van der Waals surface area contributed by atoms with Crippen molar-refractivity contribution in [2.75, 3.05) is 0 Å². The lowest BCUT2D eigenvalue weighted by Crippen LogP contribution is -2.42. The fraction of sp³-hybridized carbons (Fsp3) is 0.571. The van der Waals surface area contributed by atoms with Crippen molar-refractivity contribution >= 4 is 15.9 Å². The van der Waals surface area contributed by atoms with Crippen LogP contribution in [0.15, 0.2) is 22.7 Å². The van der Waals surface area contributed by atoms with Gasteiger partial charge in [-0.2, -0.15) is 0 Å². The predicted molar refractivity (Wildman–Crippen MR) is 73.2 cm³/mol. The zero-order chi connectivity index (χ0) is 12.7. The Hall–Kier alpha value is -0.450. The number of rotatable bonds is 4. The monoisotopic (exact) mass is 312 g/mol. The van der Waals surface area contributed by atoms with Gasteiger partial charge in [0.25, 0.3) is 0 Å². The van der Waals surface area contributed by atoms with Gasteiger partial charge in [-0.3, -0.25) is 11.3 Å². The lowest BCUT2D eigenvalue weighted by Gasteiger charge is -2.24. The van der Waals surface area contributed by atoms with E-state index >= 15 is 0 Å². The van der Waals surface area contributed by atoms with Crippen molar-refractivity contribution in [3.63, 3.8) is 0 Å². The number of hydrazine groups is 1. The Bertz CT molecular complexity index is 441. The van der Waals surface area contributed by atoms with Gasteiger partial charge in [-0.15, -0.1) is 0 Å². The first-order valence-corrected chi connectivity index (χ1v) is 7.36. The topological polar surface area (TPSA) is 38.0 Å². The number of hydrogen-bond acceptors (Lipinski definition) is 2. The maximum Gasteiger partial charge on any atom is 0.126 e. The van der Waals surface area contributed by atoms with Gasteiger partial charge in [0.05, 0.1) is 0 Å². The smallest absolute Gasteiger partial charge is 0.126 e. The van der Waals surface area contributed by atoms with E-state index in [0.29, 0.717) is 12.3 Å². The van der Waals surface area contributed by atoms with Crippen LogP contribution >= 0.6 is 15.9 Å². The molecule has 0 spiro atoms. The quantitative estimate of drug-likeness (QED) is 0.662. The maximum absolute atomic E-state index is 13.7. The van der Waals surface area contributed by atoms with Crippen molar-refractivity contribution in [1.82, 2.24) is 5.43 Å². The first kappa shape index (κ1) is 12.6. The highest BCUT2D eigenvalue weighted by molar-refractivity contribution is 9.10. The van der Waals surface area contributed by atoms with Crippen LogP contribution in [0.5, 0.6) is 0 Å². The van der Waals surface area contributed by atoms with Crippen LogP contribution in [0.1, 0.15) is 24.8 Å². The van der Waals surface area contributed by atoms with Gasteiger partial charge in [-0.05, 0) is 67.2 Å². The molecule has 3 rings (SSSR count). The molecule has 18 heavy (non-hydrogen) atoms. The van der Waals surface area contributed by atoms with Crippen LogP contribution in [-0.4, -0.2) is 6.04 Å². The van der Waals surface area contributed by atoms with Crippen molar-refractivity contribution in [3.05, 3.63) is 34.1 Å². The van der Waals surface area contributed by atoms with E-state index in [-0.39, 0.29) is 11.9 Å². The predicted octanol–water partition coefficient (Wildman–Crippen LogP) is 3.01. The molecule has 3 N–H and O–H groups in total. The summed E-state index contributed by atoms with van der Waals surface area (Å²) in [4.78, 5) is 0. The first-order chi connectivity index (χ1) is 8.67. The van der Waals surface area contributed by atoms with E-state index in [0.717, 1.165) is 21.9 Å². The zero-order valence-electron chi connectivity index (χ0n) is 10.2. The molecule has 2 nitrogen and oxygen atoms in total. The van der Waals surface area contributed by atoms with E-state index in [1.807, 2.05) is 6.07 Å². The van der Waals surface area contributed by atoms with Gasteiger partial charge in [-0.1, -0.05) is 15.9 Å². The largest absolute Gasteiger partial charge is 0.271 e. The number of nitrogens with one attached hydrogen (secondary N) is 1. The van der Waals surface area contributed by atoms with E-state index in [9.17, 15) is 4.39 Å². The summed E-state index contributed by atoms with van der Waals surface area (Å²) in [7, 11) is 0. The van der Waals surface area contributed by atoms with Crippen molar-refractivity contribution in [3.8, 4) is 0 Å². The minimum Gasteiger partial charge on any atom is -0.271 e. The molecule has 4 heteroatoms. The Morgan fingerprint density at radius 3 is 2.72 bits per heavy atom. The second-order valence-electron chi connectivity index (χ2n) is 5.70. The van der Waals surface area contributed by atoms with E-state index < -0.39 is 0 Å². The zero-order valence-corrected chi connectivity index (χ0v) is 11.8. The lowest BCUT2D eigenvalue weighted by molar-refractivity contribution is 0.333. The molecule has 0 bridgehead atoms. The summed E-state index contributed by atoms with van der Waals surface area (Å²) in [6.07, 6.45) is 4.59. The maximum atomic E-state index is 13.7. The van der Waals surface area contributed by atoms with Crippen molar-refractivity contribution < 1.29 is 4.39 Å². The molecular formula is C14H18BrFN2. The minimum absolute atomic E-state index is 0.137. The van der Waals surface area contributed by atoms with Gasteiger partial charge in [0.1, 0.15) is 5.82 Å². The third kappa shape index (κ3) is 2.46. The van der Waals surface area contributed by atoms with Crippen LogP contribution in [0.3, 0.4) is 0 Å². The molecule has 2 saturated carbocycles. The molecule has 0 amide bonds. The van der Waals surface area contributed by atoms with Crippen molar-refractivity contribution in [2.24, 2.45) is 23.6 Å². The van der Waals surface area contributed by atoms with Crippen LogP contribution in [0.25, 0.3) is 0 Å². The molecule has 3 unspecified atom stereocenters. The molecule has 3 atom stereocenters. The number of fused-ring (bicyclic) bond motifs is 1. The molecule has 0 aliphatic heterocycles. The molecule has 1 aromatic rings. The highest BCUT2D eigenvalue weighted by atomic mass is 79.9. The molecule has 0 heterocycles. The van der Waals surface area contributed by atoms with Crippen LogP contribution in [-0.2, 0) is 6.42 Å². The van der Waals surface area contributed by atoms with Crippen LogP contribution in [0, 0.1) is 23.6 Å². The normalized spacial score (nSPS) is 31.2. The molecular weight excluding hydrogens is 295 g/mol. The van der Waals surface area contributed by atoms with Crippen LogP contribution in [0.4, 0.5) is 4.39 Å².